The van der Waals surface area contributed by atoms with E-state index < -0.39 is 5.41 Å². The Bertz CT molecular complexity index is 658. The van der Waals surface area contributed by atoms with Gasteiger partial charge in [0.05, 0.1) is 18.6 Å². The first kappa shape index (κ1) is 17.6. The van der Waals surface area contributed by atoms with Gasteiger partial charge >= 0.3 is 0 Å². The van der Waals surface area contributed by atoms with E-state index in [1.165, 1.54) is 6.33 Å². The molecule has 7 heteroatoms. The highest BCUT2D eigenvalue weighted by atomic mass is 16.5. The quantitative estimate of drug-likeness (QED) is 0.783. The number of amides is 1. The Morgan fingerprint density at radius 3 is 2.64 bits per heavy atom. The Labute approximate surface area is 147 Å². The van der Waals surface area contributed by atoms with Gasteiger partial charge in [0.15, 0.2) is 0 Å². The summed E-state index contributed by atoms with van der Waals surface area (Å²) in [6.45, 7) is 3.40. The van der Waals surface area contributed by atoms with Crippen LogP contribution in [-0.4, -0.2) is 47.5 Å². The molecule has 1 amide bonds. The average Bonchev–Trinajstić information content (AvgIpc) is 3.15. The van der Waals surface area contributed by atoms with Crippen molar-refractivity contribution in [3.63, 3.8) is 0 Å². The molecular weight excluding hydrogens is 318 g/mol. The Hall–Kier alpha value is -2.25. The van der Waals surface area contributed by atoms with Gasteiger partial charge in [-0.05, 0) is 37.1 Å². The third-order valence-electron chi connectivity index (χ3n) is 4.75. The van der Waals surface area contributed by atoms with Crippen molar-refractivity contribution in [1.82, 2.24) is 25.4 Å². The molecule has 134 valence electrons. The molecule has 0 radical (unpaired) electrons. The maximum absolute atomic E-state index is 12.7. The molecule has 3 rings (SSSR count). The van der Waals surface area contributed by atoms with Gasteiger partial charge < -0.3 is 15.4 Å². The standard InChI is InChI=1S/C18H25N5O2/c1-25-12-18(6-8-19-9-7-18)17(24)21-10-15-2-4-16(5-3-15)11-23-14-20-13-22-23/h2-5,13-14,19H,6-12H2,1H3,(H,21,24). The van der Waals surface area contributed by atoms with Gasteiger partial charge in [0.1, 0.15) is 12.7 Å². The predicted molar refractivity (Wildman–Crippen MR) is 93.8 cm³/mol. The fraction of sp³-hybridized carbons (Fsp3) is 0.500. The zero-order chi connectivity index (χ0) is 17.5. The maximum Gasteiger partial charge on any atom is 0.228 e. The van der Waals surface area contributed by atoms with Gasteiger partial charge in [0.25, 0.3) is 0 Å². The molecule has 1 fully saturated rings. The summed E-state index contributed by atoms with van der Waals surface area (Å²) in [5.74, 6) is 0.0857. The zero-order valence-electron chi connectivity index (χ0n) is 14.6. The Morgan fingerprint density at radius 2 is 2.00 bits per heavy atom. The lowest BCUT2D eigenvalue weighted by atomic mass is 9.78. The Balaban J connectivity index is 1.56. The SMILES string of the molecule is COCC1(C(=O)NCc2ccc(Cn3cncn3)cc2)CCNCC1. The molecule has 1 aliphatic heterocycles. The third-order valence-corrected chi connectivity index (χ3v) is 4.75. The number of carbonyl (C=O) groups excluding carboxylic acids is 1. The van der Waals surface area contributed by atoms with Crippen molar-refractivity contribution in [2.75, 3.05) is 26.8 Å². The van der Waals surface area contributed by atoms with Crippen LogP contribution in [0.25, 0.3) is 0 Å². The molecule has 0 saturated carbocycles. The number of carbonyl (C=O) groups is 1. The number of benzene rings is 1. The van der Waals surface area contributed by atoms with E-state index in [1.807, 2.05) is 12.1 Å². The third kappa shape index (κ3) is 4.43. The maximum atomic E-state index is 12.7. The van der Waals surface area contributed by atoms with Gasteiger partial charge in [0, 0.05) is 13.7 Å². The van der Waals surface area contributed by atoms with Crippen LogP contribution >= 0.6 is 0 Å². The molecule has 1 aliphatic rings. The molecule has 2 aromatic rings. The number of rotatable bonds is 7. The summed E-state index contributed by atoms with van der Waals surface area (Å²) in [5, 5.41) is 10.5. The van der Waals surface area contributed by atoms with Crippen LogP contribution in [0, 0.1) is 5.41 Å². The van der Waals surface area contributed by atoms with E-state index in [1.54, 1.807) is 18.1 Å². The van der Waals surface area contributed by atoms with Crippen molar-refractivity contribution in [2.45, 2.75) is 25.9 Å². The topological polar surface area (TPSA) is 81.1 Å². The van der Waals surface area contributed by atoms with E-state index in [0.29, 0.717) is 19.7 Å². The number of piperidine rings is 1. The first-order valence-corrected chi connectivity index (χ1v) is 8.60. The molecule has 2 N–H and O–H groups in total. The van der Waals surface area contributed by atoms with Gasteiger partial charge in [0.2, 0.25) is 5.91 Å². The van der Waals surface area contributed by atoms with Gasteiger partial charge in [-0.1, -0.05) is 24.3 Å². The minimum Gasteiger partial charge on any atom is -0.384 e. The van der Waals surface area contributed by atoms with Crippen LogP contribution in [0.15, 0.2) is 36.9 Å². The molecule has 7 nitrogen and oxygen atoms in total. The first-order valence-electron chi connectivity index (χ1n) is 8.60. The van der Waals surface area contributed by atoms with Gasteiger partial charge in [-0.3, -0.25) is 4.79 Å². The number of hydrogen-bond acceptors (Lipinski definition) is 5. The van der Waals surface area contributed by atoms with E-state index in [-0.39, 0.29) is 5.91 Å². The molecule has 1 aromatic heterocycles. The highest BCUT2D eigenvalue weighted by molar-refractivity contribution is 5.83. The second kappa shape index (κ2) is 8.22. The lowest BCUT2D eigenvalue weighted by Gasteiger charge is -2.35. The first-order chi connectivity index (χ1) is 12.2. The number of ether oxygens (including phenoxy) is 1. The van der Waals surface area contributed by atoms with Gasteiger partial charge in [-0.15, -0.1) is 0 Å². The van der Waals surface area contributed by atoms with Crippen LogP contribution < -0.4 is 10.6 Å². The molecule has 0 atom stereocenters. The number of methoxy groups -OCH3 is 1. The van der Waals surface area contributed by atoms with E-state index >= 15 is 0 Å². The second-order valence-corrected chi connectivity index (χ2v) is 6.56. The van der Waals surface area contributed by atoms with Crippen molar-refractivity contribution < 1.29 is 9.53 Å². The van der Waals surface area contributed by atoms with E-state index in [4.69, 9.17) is 4.74 Å². The molecule has 0 aliphatic carbocycles. The average molecular weight is 343 g/mol. The lowest BCUT2D eigenvalue weighted by Crippen LogP contribution is -2.49. The van der Waals surface area contributed by atoms with Gasteiger partial charge in [-0.25, -0.2) is 9.67 Å². The number of aromatic nitrogens is 3. The van der Waals surface area contributed by atoms with Crippen LogP contribution in [0.5, 0.6) is 0 Å². The predicted octanol–water partition coefficient (Wildman–Crippen LogP) is 0.959. The Morgan fingerprint density at radius 1 is 1.28 bits per heavy atom. The van der Waals surface area contributed by atoms with Crippen molar-refractivity contribution in [3.05, 3.63) is 48.0 Å². The highest BCUT2D eigenvalue weighted by Gasteiger charge is 2.39. The molecule has 25 heavy (non-hydrogen) atoms. The molecule has 1 aromatic carbocycles. The number of nitrogens with zero attached hydrogens (tertiary/aromatic N) is 3. The van der Waals surface area contributed by atoms with E-state index in [9.17, 15) is 4.79 Å². The van der Waals surface area contributed by atoms with Crippen molar-refractivity contribution >= 4 is 5.91 Å². The molecule has 0 spiro atoms. The van der Waals surface area contributed by atoms with Crippen molar-refractivity contribution in [3.8, 4) is 0 Å². The van der Waals surface area contributed by atoms with Crippen LogP contribution in [0.2, 0.25) is 0 Å². The smallest absolute Gasteiger partial charge is 0.228 e. The normalized spacial score (nSPS) is 16.5. The van der Waals surface area contributed by atoms with Crippen LogP contribution in [0.1, 0.15) is 24.0 Å². The van der Waals surface area contributed by atoms with E-state index in [2.05, 4.69) is 32.8 Å². The molecule has 2 heterocycles. The summed E-state index contributed by atoms with van der Waals surface area (Å²) in [7, 11) is 1.66. The van der Waals surface area contributed by atoms with Crippen molar-refractivity contribution in [1.29, 1.82) is 0 Å². The van der Waals surface area contributed by atoms with Crippen molar-refractivity contribution in [2.24, 2.45) is 5.41 Å². The summed E-state index contributed by atoms with van der Waals surface area (Å²) >= 11 is 0. The monoisotopic (exact) mass is 343 g/mol. The molecular formula is C18H25N5O2. The summed E-state index contributed by atoms with van der Waals surface area (Å²) in [5.41, 5.74) is 1.82. The zero-order valence-corrected chi connectivity index (χ0v) is 14.6. The summed E-state index contributed by atoms with van der Waals surface area (Å²) in [4.78, 5) is 16.7. The fourth-order valence-electron chi connectivity index (χ4n) is 3.25. The summed E-state index contributed by atoms with van der Waals surface area (Å²) in [6, 6.07) is 8.19. The van der Waals surface area contributed by atoms with E-state index in [0.717, 1.165) is 37.1 Å². The van der Waals surface area contributed by atoms with Crippen LogP contribution in [0.4, 0.5) is 0 Å². The largest absolute Gasteiger partial charge is 0.384 e. The number of nitrogens with one attached hydrogen (secondary N) is 2. The molecule has 0 bridgehead atoms. The highest BCUT2D eigenvalue weighted by Crippen LogP contribution is 2.29. The minimum atomic E-state index is -0.410. The Kier molecular flexibility index (Phi) is 5.78. The van der Waals surface area contributed by atoms with Gasteiger partial charge in [-0.2, -0.15) is 5.10 Å². The minimum absolute atomic E-state index is 0.0857. The van der Waals surface area contributed by atoms with Crippen LogP contribution in [-0.2, 0) is 22.6 Å². The summed E-state index contributed by atoms with van der Waals surface area (Å²) in [6.07, 6.45) is 4.84. The molecule has 1 saturated heterocycles. The number of hydrogen-bond donors (Lipinski definition) is 2. The second-order valence-electron chi connectivity index (χ2n) is 6.56. The van der Waals surface area contributed by atoms with Crippen LogP contribution in [0.3, 0.4) is 0 Å². The summed E-state index contributed by atoms with van der Waals surface area (Å²) < 4.78 is 7.10. The lowest BCUT2D eigenvalue weighted by molar-refractivity contribution is -0.136. The molecule has 0 unspecified atom stereocenters. The fourth-order valence-corrected chi connectivity index (χ4v) is 3.25.